The molecule has 2 aliphatic rings. The highest BCUT2D eigenvalue weighted by Crippen LogP contribution is 2.23. The average Bonchev–Trinajstić information content (AvgIpc) is 2.33. The number of amides is 1. The predicted molar refractivity (Wildman–Crippen MR) is 64.6 cm³/mol. The monoisotopic (exact) mass is 220 g/mol. The second kappa shape index (κ2) is 5.19. The van der Waals surface area contributed by atoms with Crippen molar-refractivity contribution in [1.82, 2.24) is 10.6 Å². The van der Waals surface area contributed by atoms with Gasteiger partial charge in [-0.25, -0.2) is 0 Å². The zero-order valence-corrected chi connectivity index (χ0v) is 9.88. The Morgan fingerprint density at radius 3 is 2.69 bits per heavy atom. The van der Waals surface area contributed by atoms with Crippen molar-refractivity contribution >= 4 is 5.91 Å². The van der Waals surface area contributed by atoms with Crippen LogP contribution in [0, 0.1) is 5.92 Å². The number of dihydropyridines is 1. The van der Waals surface area contributed by atoms with Crippen molar-refractivity contribution in [3.63, 3.8) is 0 Å². The molecule has 1 saturated carbocycles. The fourth-order valence-corrected chi connectivity index (χ4v) is 2.26. The van der Waals surface area contributed by atoms with Gasteiger partial charge in [-0.1, -0.05) is 30.9 Å². The number of allylic oxidation sites excluding steroid dienone is 2. The van der Waals surface area contributed by atoms with Gasteiger partial charge in [0.15, 0.2) is 0 Å². The van der Waals surface area contributed by atoms with E-state index in [0.29, 0.717) is 0 Å². The molecule has 3 heteroatoms. The lowest BCUT2D eigenvalue weighted by atomic mass is 9.89. The first-order chi connectivity index (χ1) is 7.75. The summed E-state index contributed by atoms with van der Waals surface area (Å²) < 4.78 is 0. The van der Waals surface area contributed by atoms with Gasteiger partial charge in [-0.15, -0.1) is 0 Å². The zero-order chi connectivity index (χ0) is 11.4. The summed E-state index contributed by atoms with van der Waals surface area (Å²) in [6.45, 7) is 2.90. The van der Waals surface area contributed by atoms with E-state index >= 15 is 0 Å². The highest BCUT2D eigenvalue weighted by atomic mass is 16.2. The first-order valence-corrected chi connectivity index (χ1v) is 6.18. The Morgan fingerprint density at radius 1 is 1.31 bits per heavy atom. The van der Waals surface area contributed by atoms with Crippen molar-refractivity contribution in [2.24, 2.45) is 5.92 Å². The van der Waals surface area contributed by atoms with Gasteiger partial charge in [0.05, 0.1) is 0 Å². The average molecular weight is 220 g/mol. The number of carbonyl (C=O) groups is 1. The van der Waals surface area contributed by atoms with Crippen molar-refractivity contribution in [1.29, 1.82) is 0 Å². The van der Waals surface area contributed by atoms with E-state index in [1.54, 1.807) is 0 Å². The van der Waals surface area contributed by atoms with Crippen LogP contribution in [0.3, 0.4) is 0 Å². The fraction of sp³-hybridized carbons (Fsp3) is 0.615. The maximum absolute atomic E-state index is 11.9. The van der Waals surface area contributed by atoms with E-state index in [2.05, 4.69) is 17.6 Å². The summed E-state index contributed by atoms with van der Waals surface area (Å²) in [5.41, 5.74) is 1.29. The Hall–Kier alpha value is -1.25. The Kier molecular flexibility index (Phi) is 3.65. The van der Waals surface area contributed by atoms with Crippen LogP contribution >= 0.6 is 0 Å². The number of hydrogen-bond donors (Lipinski definition) is 2. The van der Waals surface area contributed by atoms with Crippen LogP contribution in [-0.2, 0) is 4.79 Å². The highest BCUT2D eigenvalue weighted by Gasteiger charge is 2.21. The molecule has 1 aliphatic heterocycles. The van der Waals surface area contributed by atoms with Crippen LogP contribution in [0.4, 0.5) is 0 Å². The second-order valence-corrected chi connectivity index (χ2v) is 4.77. The SMILES string of the molecule is CC1=CC=C(NC(=O)C2CCCCC2)NC1. The number of rotatable bonds is 2. The van der Waals surface area contributed by atoms with Gasteiger partial charge in [0.25, 0.3) is 0 Å². The minimum absolute atomic E-state index is 0.186. The van der Waals surface area contributed by atoms with Gasteiger partial charge < -0.3 is 10.6 Å². The van der Waals surface area contributed by atoms with Crippen LogP contribution in [0.5, 0.6) is 0 Å². The first-order valence-electron chi connectivity index (χ1n) is 6.18. The van der Waals surface area contributed by atoms with Crippen molar-refractivity contribution in [3.8, 4) is 0 Å². The van der Waals surface area contributed by atoms with E-state index in [1.165, 1.54) is 24.8 Å². The lowest BCUT2D eigenvalue weighted by Crippen LogP contribution is -2.37. The third-order valence-electron chi connectivity index (χ3n) is 3.33. The molecule has 0 radical (unpaired) electrons. The van der Waals surface area contributed by atoms with Crippen LogP contribution in [0.15, 0.2) is 23.5 Å². The summed E-state index contributed by atoms with van der Waals surface area (Å²) in [5, 5.41) is 6.18. The molecule has 0 aromatic heterocycles. The van der Waals surface area contributed by atoms with Gasteiger partial charge in [0.2, 0.25) is 5.91 Å². The summed E-state index contributed by atoms with van der Waals surface area (Å²) in [5.74, 6) is 1.26. The van der Waals surface area contributed by atoms with E-state index < -0.39 is 0 Å². The van der Waals surface area contributed by atoms with Crippen molar-refractivity contribution < 1.29 is 4.79 Å². The lowest BCUT2D eigenvalue weighted by molar-refractivity contribution is -0.125. The molecule has 1 fully saturated rings. The Bertz CT molecular complexity index is 325. The molecular formula is C13H20N2O. The van der Waals surface area contributed by atoms with Gasteiger partial charge in [0.1, 0.15) is 5.82 Å². The maximum Gasteiger partial charge on any atom is 0.228 e. The van der Waals surface area contributed by atoms with Gasteiger partial charge in [0, 0.05) is 12.5 Å². The van der Waals surface area contributed by atoms with E-state index in [9.17, 15) is 4.79 Å². The van der Waals surface area contributed by atoms with Crippen LogP contribution in [-0.4, -0.2) is 12.5 Å². The number of nitrogens with one attached hydrogen (secondary N) is 2. The molecule has 0 spiro atoms. The molecular weight excluding hydrogens is 200 g/mol. The van der Waals surface area contributed by atoms with Gasteiger partial charge in [-0.05, 0) is 25.8 Å². The molecule has 0 unspecified atom stereocenters. The molecule has 16 heavy (non-hydrogen) atoms. The molecule has 0 aromatic carbocycles. The predicted octanol–water partition coefficient (Wildman–Crippen LogP) is 2.07. The molecule has 0 saturated heterocycles. The minimum atomic E-state index is 0.186. The van der Waals surface area contributed by atoms with E-state index in [4.69, 9.17) is 0 Å². The van der Waals surface area contributed by atoms with E-state index in [1.807, 2.05) is 12.2 Å². The molecule has 88 valence electrons. The van der Waals surface area contributed by atoms with Crippen LogP contribution in [0.2, 0.25) is 0 Å². The third-order valence-corrected chi connectivity index (χ3v) is 3.33. The minimum Gasteiger partial charge on any atom is -0.368 e. The number of carbonyl (C=O) groups excluding carboxylic acids is 1. The molecule has 1 amide bonds. The summed E-state index contributed by atoms with van der Waals surface area (Å²) in [6.07, 6.45) is 9.77. The molecule has 0 atom stereocenters. The molecule has 3 nitrogen and oxygen atoms in total. The number of hydrogen-bond acceptors (Lipinski definition) is 2. The quantitative estimate of drug-likeness (QED) is 0.748. The van der Waals surface area contributed by atoms with Crippen molar-refractivity contribution in [2.75, 3.05) is 6.54 Å². The van der Waals surface area contributed by atoms with Crippen LogP contribution in [0.25, 0.3) is 0 Å². The molecule has 1 heterocycles. The third kappa shape index (κ3) is 2.87. The van der Waals surface area contributed by atoms with Gasteiger partial charge in [-0.3, -0.25) is 4.79 Å². The summed E-state index contributed by atoms with van der Waals surface area (Å²) in [6, 6.07) is 0. The molecule has 0 aromatic rings. The Labute approximate surface area is 97.0 Å². The summed E-state index contributed by atoms with van der Waals surface area (Å²) in [4.78, 5) is 11.9. The van der Waals surface area contributed by atoms with Gasteiger partial charge >= 0.3 is 0 Å². The largest absolute Gasteiger partial charge is 0.368 e. The van der Waals surface area contributed by atoms with Crippen molar-refractivity contribution in [2.45, 2.75) is 39.0 Å². The summed E-state index contributed by atoms with van der Waals surface area (Å²) >= 11 is 0. The Morgan fingerprint density at radius 2 is 2.06 bits per heavy atom. The second-order valence-electron chi connectivity index (χ2n) is 4.77. The Balaban J connectivity index is 1.87. The summed E-state index contributed by atoms with van der Waals surface area (Å²) in [7, 11) is 0. The topological polar surface area (TPSA) is 41.1 Å². The van der Waals surface area contributed by atoms with Crippen LogP contribution in [0.1, 0.15) is 39.0 Å². The standard InChI is InChI=1S/C13H20N2O/c1-10-7-8-12(14-9-10)15-13(16)11-5-3-2-4-6-11/h7-8,11,14H,2-6,9H2,1H3,(H,15,16). The fourth-order valence-electron chi connectivity index (χ4n) is 2.26. The van der Waals surface area contributed by atoms with E-state index in [0.717, 1.165) is 25.2 Å². The van der Waals surface area contributed by atoms with Gasteiger partial charge in [-0.2, -0.15) is 0 Å². The van der Waals surface area contributed by atoms with E-state index in [-0.39, 0.29) is 11.8 Å². The van der Waals surface area contributed by atoms with Crippen molar-refractivity contribution in [3.05, 3.63) is 23.5 Å². The lowest BCUT2D eigenvalue weighted by Gasteiger charge is -2.23. The normalized spacial score (nSPS) is 21.8. The zero-order valence-electron chi connectivity index (χ0n) is 9.88. The highest BCUT2D eigenvalue weighted by molar-refractivity contribution is 5.80. The maximum atomic E-state index is 11.9. The molecule has 1 aliphatic carbocycles. The first kappa shape index (κ1) is 11.2. The molecule has 0 bridgehead atoms. The smallest absolute Gasteiger partial charge is 0.228 e. The van der Waals surface area contributed by atoms with Crippen LogP contribution < -0.4 is 10.6 Å². The molecule has 2 N–H and O–H groups in total. The molecule has 2 rings (SSSR count).